The molecule has 0 bridgehead atoms. The predicted octanol–water partition coefficient (Wildman–Crippen LogP) is 2.34. The summed E-state index contributed by atoms with van der Waals surface area (Å²) in [4.78, 5) is 18.6. The molecule has 0 N–H and O–H groups in total. The SMILES string of the molecule is CCN(CC)CC#CC(C)OC(=O)c1scnc1C. The quantitative estimate of drug-likeness (QED) is 0.613. The van der Waals surface area contributed by atoms with Gasteiger partial charge in [-0.1, -0.05) is 25.7 Å². The molecule has 1 atom stereocenters. The van der Waals surface area contributed by atoms with Gasteiger partial charge >= 0.3 is 5.97 Å². The second kappa shape index (κ2) is 7.93. The molecule has 0 aliphatic carbocycles. The smallest absolute Gasteiger partial charge is 0.351 e. The van der Waals surface area contributed by atoms with Crippen LogP contribution >= 0.6 is 11.3 Å². The molecule has 4 nitrogen and oxygen atoms in total. The van der Waals surface area contributed by atoms with E-state index in [2.05, 4.69) is 35.6 Å². The predicted molar refractivity (Wildman–Crippen MR) is 77.3 cm³/mol. The lowest BCUT2D eigenvalue weighted by Crippen LogP contribution is -2.23. The van der Waals surface area contributed by atoms with Gasteiger partial charge < -0.3 is 4.74 Å². The maximum Gasteiger partial charge on any atom is 0.351 e. The molecule has 0 fully saturated rings. The highest BCUT2D eigenvalue weighted by Gasteiger charge is 2.15. The van der Waals surface area contributed by atoms with Gasteiger partial charge in [-0.05, 0) is 26.9 Å². The topological polar surface area (TPSA) is 42.4 Å². The molecule has 1 aromatic heterocycles. The normalized spacial score (nSPS) is 11.8. The molecule has 0 saturated carbocycles. The Morgan fingerprint density at radius 3 is 2.74 bits per heavy atom. The Balaban J connectivity index is 2.48. The van der Waals surface area contributed by atoms with Crippen molar-refractivity contribution in [3.05, 3.63) is 16.1 Å². The summed E-state index contributed by atoms with van der Waals surface area (Å²) in [5.74, 6) is 5.64. The number of hydrogen-bond acceptors (Lipinski definition) is 5. The second-order valence-electron chi connectivity index (χ2n) is 4.10. The summed E-state index contributed by atoms with van der Waals surface area (Å²) < 4.78 is 5.26. The van der Waals surface area contributed by atoms with Gasteiger partial charge in [0.2, 0.25) is 0 Å². The molecule has 5 heteroatoms. The first kappa shape index (κ1) is 15.7. The van der Waals surface area contributed by atoms with Crippen LogP contribution in [0.1, 0.15) is 36.1 Å². The van der Waals surface area contributed by atoms with Gasteiger partial charge in [-0.2, -0.15) is 0 Å². The number of thiazole rings is 1. The van der Waals surface area contributed by atoms with Crippen LogP contribution in [0.4, 0.5) is 0 Å². The highest BCUT2D eigenvalue weighted by atomic mass is 32.1. The molecule has 104 valence electrons. The number of carbonyl (C=O) groups is 1. The molecular formula is C14H20N2O2S. The zero-order chi connectivity index (χ0) is 14.3. The van der Waals surface area contributed by atoms with Gasteiger partial charge in [0.15, 0.2) is 6.10 Å². The fourth-order valence-corrected chi connectivity index (χ4v) is 2.17. The van der Waals surface area contributed by atoms with Gasteiger partial charge in [-0.3, -0.25) is 4.90 Å². The van der Waals surface area contributed by atoms with Crippen molar-refractivity contribution < 1.29 is 9.53 Å². The second-order valence-corrected chi connectivity index (χ2v) is 4.95. The van der Waals surface area contributed by atoms with Crippen molar-refractivity contribution in [3.8, 4) is 11.8 Å². The molecule has 0 aromatic carbocycles. The molecule has 1 aromatic rings. The van der Waals surface area contributed by atoms with Crippen LogP contribution in [0.2, 0.25) is 0 Å². The maximum absolute atomic E-state index is 11.8. The number of nitrogens with zero attached hydrogens (tertiary/aromatic N) is 2. The Morgan fingerprint density at radius 1 is 1.53 bits per heavy atom. The molecule has 19 heavy (non-hydrogen) atoms. The van der Waals surface area contributed by atoms with Crippen LogP contribution in [0, 0.1) is 18.8 Å². The molecule has 0 saturated heterocycles. The number of rotatable bonds is 5. The third-order valence-corrected chi connectivity index (χ3v) is 3.63. The summed E-state index contributed by atoms with van der Waals surface area (Å²) in [7, 11) is 0. The molecule has 0 spiro atoms. The van der Waals surface area contributed by atoms with Gasteiger partial charge in [-0.15, -0.1) is 11.3 Å². The zero-order valence-corrected chi connectivity index (χ0v) is 12.7. The highest BCUT2D eigenvalue weighted by Crippen LogP contribution is 2.14. The standard InChI is InChI=1S/C14H20N2O2S/c1-5-16(6-2)9-7-8-11(3)18-14(17)13-12(4)15-10-19-13/h10-11H,5-6,9H2,1-4H3. The van der Waals surface area contributed by atoms with E-state index in [1.807, 2.05) is 0 Å². The lowest BCUT2D eigenvalue weighted by atomic mass is 10.3. The van der Waals surface area contributed by atoms with Crippen LogP contribution in [-0.2, 0) is 4.74 Å². The molecule has 1 unspecified atom stereocenters. The van der Waals surface area contributed by atoms with E-state index in [-0.39, 0.29) is 5.97 Å². The van der Waals surface area contributed by atoms with Crippen molar-refractivity contribution in [1.29, 1.82) is 0 Å². The van der Waals surface area contributed by atoms with Crippen molar-refractivity contribution in [1.82, 2.24) is 9.88 Å². The van der Waals surface area contributed by atoms with E-state index in [0.29, 0.717) is 17.1 Å². The van der Waals surface area contributed by atoms with Gasteiger partial charge in [0, 0.05) is 0 Å². The fraction of sp³-hybridized carbons (Fsp3) is 0.571. The minimum absolute atomic E-state index is 0.343. The highest BCUT2D eigenvalue weighted by molar-refractivity contribution is 7.11. The lowest BCUT2D eigenvalue weighted by Gasteiger charge is -2.13. The van der Waals surface area contributed by atoms with Crippen molar-refractivity contribution in [2.75, 3.05) is 19.6 Å². The summed E-state index contributed by atoms with van der Waals surface area (Å²) in [6.07, 6.45) is -0.399. The number of carbonyl (C=O) groups excluding carboxylic acids is 1. The Kier molecular flexibility index (Phi) is 6.54. The van der Waals surface area contributed by atoms with E-state index in [4.69, 9.17) is 4.74 Å². The third-order valence-electron chi connectivity index (χ3n) is 2.72. The van der Waals surface area contributed by atoms with Crippen LogP contribution in [0.15, 0.2) is 5.51 Å². The van der Waals surface area contributed by atoms with E-state index in [9.17, 15) is 4.79 Å². The number of ether oxygens (including phenoxy) is 1. The largest absolute Gasteiger partial charge is 0.445 e. The molecule has 0 amide bonds. The van der Waals surface area contributed by atoms with E-state index in [0.717, 1.165) is 13.1 Å². The van der Waals surface area contributed by atoms with Crippen LogP contribution in [-0.4, -0.2) is 41.6 Å². The Morgan fingerprint density at radius 2 is 2.21 bits per heavy atom. The van der Waals surface area contributed by atoms with Crippen LogP contribution in [0.3, 0.4) is 0 Å². The van der Waals surface area contributed by atoms with E-state index in [1.54, 1.807) is 19.4 Å². The van der Waals surface area contributed by atoms with Gasteiger partial charge in [0.1, 0.15) is 4.88 Å². The summed E-state index contributed by atoms with van der Waals surface area (Å²) in [5.41, 5.74) is 2.35. The third kappa shape index (κ3) is 5.01. The molecular weight excluding hydrogens is 260 g/mol. The van der Waals surface area contributed by atoms with Crippen molar-refractivity contribution in [3.63, 3.8) is 0 Å². The number of esters is 1. The first-order valence-corrected chi connectivity index (χ1v) is 7.28. The van der Waals surface area contributed by atoms with E-state index < -0.39 is 6.10 Å². The average molecular weight is 280 g/mol. The minimum Gasteiger partial charge on any atom is -0.445 e. The minimum atomic E-state index is -0.399. The van der Waals surface area contributed by atoms with Gasteiger partial charge in [0.05, 0.1) is 17.7 Å². The first-order chi connectivity index (χ1) is 9.08. The maximum atomic E-state index is 11.8. The summed E-state index contributed by atoms with van der Waals surface area (Å²) in [6, 6.07) is 0. The Bertz CT molecular complexity index is 469. The Hall–Kier alpha value is -1.38. The van der Waals surface area contributed by atoms with Gasteiger partial charge in [0.25, 0.3) is 0 Å². The first-order valence-electron chi connectivity index (χ1n) is 6.40. The van der Waals surface area contributed by atoms with Crippen molar-refractivity contribution in [2.45, 2.75) is 33.8 Å². The van der Waals surface area contributed by atoms with Gasteiger partial charge in [-0.25, -0.2) is 9.78 Å². The molecule has 0 aliphatic rings. The summed E-state index contributed by atoms with van der Waals surface area (Å²) >= 11 is 1.29. The summed E-state index contributed by atoms with van der Waals surface area (Å²) in [6.45, 7) is 10.4. The Labute approximate surface area is 118 Å². The van der Waals surface area contributed by atoms with E-state index in [1.165, 1.54) is 11.3 Å². The lowest BCUT2D eigenvalue weighted by molar-refractivity contribution is 0.0443. The zero-order valence-electron chi connectivity index (χ0n) is 11.9. The molecule has 1 rings (SSSR count). The summed E-state index contributed by atoms with van der Waals surface area (Å²) in [5, 5.41) is 0. The molecule has 0 radical (unpaired) electrons. The van der Waals surface area contributed by atoms with Crippen LogP contribution in [0.25, 0.3) is 0 Å². The average Bonchev–Trinajstić information content (AvgIpc) is 2.81. The monoisotopic (exact) mass is 280 g/mol. The fourth-order valence-electron chi connectivity index (χ4n) is 1.49. The van der Waals surface area contributed by atoms with Crippen molar-refractivity contribution >= 4 is 17.3 Å². The number of aryl methyl sites for hydroxylation is 1. The van der Waals surface area contributed by atoms with Crippen LogP contribution < -0.4 is 0 Å². The number of aromatic nitrogens is 1. The van der Waals surface area contributed by atoms with E-state index >= 15 is 0 Å². The number of hydrogen-bond donors (Lipinski definition) is 0. The van der Waals surface area contributed by atoms with Crippen LogP contribution in [0.5, 0.6) is 0 Å². The molecule has 0 aliphatic heterocycles. The molecule has 1 heterocycles. The van der Waals surface area contributed by atoms with Crippen molar-refractivity contribution in [2.24, 2.45) is 0 Å².